The Bertz CT molecular complexity index is 795. The number of benzene rings is 2. The Labute approximate surface area is 114 Å². The van der Waals surface area contributed by atoms with E-state index < -0.39 is 4.92 Å². The molecule has 4 nitrogen and oxygen atoms in total. The van der Waals surface area contributed by atoms with Gasteiger partial charge in [-0.2, -0.15) is 0 Å². The van der Waals surface area contributed by atoms with Crippen LogP contribution in [-0.2, 0) is 6.54 Å². The third-order valence-electron chi connectivity index (χ3n) is 3.21. The van der Waals surface area contributed by atoms with Gasteiger partial charge in [0.15, 0.2) is 0 Å². The lowest BCUT2D eigenvalue weighted by Crippen LogP contribution is -1.99. The van der Waals surface area contributed by atoms with Crippen LogP contribution in [0, 0.1) is 15.9 Å². The molecule has 0 amide bonds. The maximum absolute atomic E-state index is 13.3. The summed E-state index contributed by atoms with van der Waals surface area (Å²) in [5.74, 6) is -0.295. The summed E-state index contributed by atoms with van der Waals surface area (Å²) in [6.07, 6.45) is 1.85. The van der Waals surface area contributed by atoms with Gasteiger partial charge in [-0.05, 0) is 35.2 Å². The minimum atomic E-state index is -0.420. The molecular weight excluding hydrogens is 259 g/mol. The van der Waals surface area contributed by atoms with Crippen molar-refractivity contribution in [1.29, 1.82) is 0 Å². The van der Waals surface area contributed by atoms with Crippen molar-refractivity contribution in [1.82, 2.24) is 4.57 Å². The third kappa shape index (κ3) is 2.25. The maximum Gasteiger partial charge on any atom is 0.269 e. The lowest BCUT2D eigenvalue weighted by molar-refractivity contribution is -0.384. The van der Waals surface area contributed by atoms with Gasteiger partial charge in [0.2, 0.25) is 0 Å². The van der Waals surface area contributed by atoms with E-state index >= 15 is 0 Å². The lowest BCUT2D eigenvalue weighted by atomic mass is 10.2. The van der Waals surface area contributed by atoms with Crippen molar-refractivity contribution in [2.45, 2.75) is 6.54 Å². The molecule has 0 atom stereocenters. The third-order valence-corrected chi connectivity index (χ3v) is 3.21. The van der Waals surface area contributed by atoms with E-state index in [1.54, 1.807) is 12.1 Å². The molecule has 0 saturated carbocycles. The molecule has 0 unspecified atom stereocenters. The van der Waals surface area contributed by atoms with E-state index in [0.717, 1.165) is 16.5 Å². The van der Waals surface area contributed by atoms with Gasteiger partial charge in [-0.25, -0.2) is 4.39 Å². The topological polar surface area (TPSA) is 48.1 Å². The summed E-state index contributed by atoms with van der Waals surface area (Å²) < 4.78 is 15.2. The first-order valence-corrected chi connectivity index (χ1v) is 6.11. The predicted octanol–water partition coefficient (Wildman–Crippen LogP) is 3.74. The zero-order chi connectivity index (χ0) is 14.1. The number of halogens is 1. The zero-order valence-corrected chi connectivity index (χ0v) is 10.5. The molecule has 3 aromatic rings. The number of hydrogen-bond acceptors (Lipinski definition) is 2. The van der Waals surface area contributed by atoms with Gasteiger partial charge in [0, 0.05) is 24.9 Å². The van der Waals surface area contributed by atoms with Crippen LogP contribution in [-0.4, -0.2) is 9.49 Å². The molecule has 0 N–H and O–H groups in total. The summed E-state index contributed by atoms with van der Waals surface area (Å²) >= 11 is 0. The van der Waals surface area contributed by atoms with Crippen LogP contribution in [0.25, 0.3) is 10.9 Å². The van der Waals surface area contributed by atoms with E-state index in [-0.39, 0.29) is 11.5 Å². The number of nitro benzene ring substituents is 1. The Morgan fingerprint density at radius 1 is 1.15 bits per heavy atom. The number of non-ortho nitro benzene ring substituents is 1. The van der Waals surface area contributed by atoms with Crippen LogP contribution in [0.2, 0.25) is 0 Å². The minimum Gasteiger partial charge on any atom is -0.343 e. The van der Waals surface area contributed by atoms with Crippen LogP contribution in [0.3, 0.4) is 0 Å². The predicted molar refractivity (Wildman–Crippen MR) is 74.1 cm³/mol. The fourth-order valence-electron chi connectivity index (χ4n) is 2.26. The van der Waals surface area contributed by atoms with E-state index in [2.05, 4.69) is 0 Å². The normalized spacial score (nSPS) is 10.8. The molecule has 1 heterocycles. The van der Waals surface area contributed by atoms with Gasteiger partial charge in [-0.15, -0.1) is 0 Å². The van der Waals surface area contributed by atoms with Crippen LogP contribution in [0.4, 0.5) is 10.1 Å². The van der Waals surface area contributed by atoms with E-state index in [9.17, 15) is 14.5 Å². The molecule has 20 heavy (non-hydrogen) atoms. The molecule has 0 saturated heterocycles. The van der Waals surface area contributed by atoms with Crippen LogP contribution < -0.4 is 0 Å². The number of nitro groups is 1. The lowest BCUT2D eigenvalue weighted by Gasteiger charge is -2.05. The highest BCUT2D eigenvalue weighted by molar-refractivity contribution is 5.80. The Morgan fingerprint density at radius 2 is 2.00 bits per heavy atom. The average Bonchev–Trinajstić information content (AvgIpc) is 2.82. The van der Waals surface area contributed by atoms with Crippen LogP contribution >= 0.6 is 0 Å². The molecule has 0 fully saturated rings. The largest absolute Gasteiger partial charge is 0.343 e. The quantitative estimate of drug-likeness (QED) is 0.537. The van der Waals surface area contributed by atoms with Gasteiger partial charge in [0.05, 0.1) is 10.4 Å². The van der Waals surface area contributed by atoms with Crippen molar-refractivity contribution < 1.29 is 9.31 Å². The zero-order valence-electron chi connectivity index (χ0n) is 10.5. The average molecular weight is 270 g/mol. The Balaban J connectivity index is 1.99. The van der Waals surface area contributed by atoms with Gasteiger partial charge in [0.25, 0.3) is 5.69 Å². The SMILES string of the molecule is O=[N+]([O-])c1cccc(Cn2ccc3ccc(F)cc32)c1. The number of hydrogen-bond donors (Lipinski definition) is 0. The highest BCUT2D eigenvalue weighted by Crippen LogP contribution is 2.20. The number of nitrogens with zero attached hydrogens (tertiary/aromatic N) is 2. The van der Waals surface area contributed by atoms with Crippen LogP contribution in [0.5, 0.6) is 0 Å². The highest BCUT2D eigenvalue weighted by Gasteiger charge is 2.07. The maximum atomic E-state index is 13.3. The first kappa shape index (κ1) is 12.3. The summed E-state index contributed by atoms with van der Waals surface area (Å²) in [7, 11) is 0. The molecule has 0 aliphatic carbocycles. The second kappa shape index (κ2) is 4.77. The van der Waals surface area contributed by atoms with Gasteiger partial charge in [0.1, 0.15) is 5.82 Å². The van der Waals surface area contributed by atoms with E-state index in [4.69, 9.17) is 0 Å². The first-order valence-electron chi connectivity index (χ1n) is 6.11. The van der Waals surface area contributed by atoms with Crippen molar-refractivity contribution in [2.75, 3.05) is 0 Å². The molecular formula is C15H11FN2O2. The van der Waals surface area contributed by atoms with Crippen molar-refractivity contribution in [2.24, 2.45) is 0 Å². The summed E-state index contributed by atoms with van der Waals surface area (Å²) in [6.45, 7) is 0.467. The number of rotatable bonds is 3. The van der Waals surface area contributed by atoms with Crippen molar-refractivity contribution in [3.63, 3.8) is 0 Å². The van der Waals surface area contributed by atoms with Crippen LogP contribution in [0.1, 0.15) is 5.56 Å². The Hall–Kier alpha value is -2.69. The van der Waals surface area contributed by atoms with Crippen molar-refractivity contribution >= 4 is 16.6 Å². The molecule has 1 aromatic heterocycles. The molecule has 0 aliphatic rings. The first-order chi connectivity index (χ1) is 9.63. The summed E-state index contributed by atoms with van der Waals surface area (Å²) in [4.78, 5) is 10.3. The Kier molecular flexibility index (Phi) is 2.95. The number of fused-ring (bicyclic) bond motifs is 1. The van der Waals surface area contributed by atoms with Gasteiger partial charge in [-0.1, -0.05) is 12.1 Å². The molecule has 0 bridgehead atoms. The summed E-state index contributed by atoms with van der Waals surface area (Å²) in [6, 6.07) is 13.0. The van der Waals surface area contributed by atoms with Crippen molar-refractivity contribution in [3.05, 3.63) is 76.2 Å². The molecule has 0 spiro atoms. The van der Waals surface area contributed by atoms with Gasteiger partial charge in [-0.3, -0.25) is 10.1 Å². The van der Waals surface area contributed by atoms with Crippen LogP contribution in [0.15, 0.2) is 54.7 Å². The summed E-state index contributed by atoms with van der Waals surface area (Å²) in [5, 5.41) is 11.7. The molecule has 0 radical (unpaired) electrons. The summed E-state index contributed by atoms with van der Waals surface area (Å²) in [5.41, 5.74) is 1.64. The smallest absolute Gasteiger partial charge is 0.269 e. The van der Waals surface area contributed by atoms with Gasteiger partial charge >= 0.3 is 0 Å². The van der Waals surface area contributed by atoms with E-state index in [1.165, 1.54) is 24.3 Å². The molecule has 5 heteroatoms. The van der Waals surface area contributed by atoms with Crippen molar-refractivity contribution in [3.8, 4) is 0 Å². The molecule has 3 rings (SSSR count). The minimum absolute atomic E-state index is 0.0603. The standard InChI is InChI=1S/C15H11FN2O2/c16-13-5-4-12-6-7-17(15(12)9-13)10-11-2-1-3-14(8-11)18(19)20/h1-9H,10H2. The molecule has 2 aromatic carbocycles. The fourth-order valence-corrected chi connectivity index (χ4v) is 2.26. The van der Waals surface area contributed by atoms with E-state index in [0.29, 0.717) is 6.54 Å². The monoisotopic (exact) mass is 270 g/mol. The molecule has 100 valence electrons. The second-order valence-electron chi connectivity index (χ2n) is 4.57. The van der Waals surface area contributed by atoms with E-state index in [1.807, 2.05) is 22.9 Å². The number of aromatic nitrogens is 1. The second-order valence-corrected chi connectivity index (χ2v) is 4.57. The molecule has 0 aliphatic heterocycles. The highest BCUT2D eigenvalue weighted by atomic mass is 19.1. The van der Waals surface area contributed by atoms with Gasteiger partial charge < -0.3 is 4.57 Å². The Morgan fingerprint density at radius 3 is 2.80 bits per heavy atom. The fraction of sp³-hybridized carbons (Fsp3) is 0.0667.